The molecule has 74 valence electrons. The van der Waals surface area contributed by atoms with E-state index in [4.69, 9.17) is 0 Å². The highest BCUT2D eigenvalue weighted by Gasteiger charge is 2.49. The van der Waals surface area contributed by atoms with Crippen molar-refractivity contribution >= 4 is 17.7 Å². The van der Waals surface area contributed by atoms with Gasteiger partial charge in [-0.05, 0) is 24.5 Å². The predicted molar refractivity (Wildman–Crippen MR) is 53.0 cm³/mol. The lowest BCUT2D eigenvalue weighted by molar-refractivity contribution is -0.145. The minimum atomic E-state index is -0.670. The Balaban J connectivity index is 2.12. The molecule has 0 aromatic heterocycles. The maximum atomic E-state index is 11.2. The number of nitrogens with one attached hydrogen (secondary N) is 1. The molecule has 1 aliphatic heterocycles. The Hall–Kier alpha value is -0.220. The van der Waals surface area contributed by atoms with E-state index in [1.807, 2.05) is 6.92 Å². The first-order valence-electron chi connectivity index (χ1n) is 4.74. The SMILES string of the molecule is CC1CSCC1(NC1CC1)C(=O)O. The third kappa shape index (κ3) is 1.57. The van der Waals surface area contributed by atoms with Gasteiger partial charge in [-0.25, -0.2) is 0 Å². The van der Waals surface area contributed by atoms with Crippen LogP contribution in [0, 0.1) is 5.92 Å². The minimum absolute atomic E-state index is 0.246. The summed E-state index contributed by atoms with van der Waals surface area (Å²) in [6.07, 6.45) is 2.29. The molecule has 1 saturated heterocycles. The smallest absolute Gasteiger partial charge is 0.325 e. The quantitative estimate of drug-likeness (QED) is 0.713. The minimum Gasteiger partial charge on any atom is -0.480 e. The van der Waals surface area contributed by atoms with Gasteiger partial charge in [-0.2, -0.15) is 11.8 Å². The molecule has 1 heterocycles. The third-order valence-corrected chi connectivity index (χ3v) is 4.35. The van der Waals surface area contributed by atoms with Crippen molar-refractivity contribution in [3.8, 4) is 0 Å². The van der Waals surface area contributed by atoms with Gasteiger partial charge in [-0.3, -0.25) is 10.1 Å². The van der Waals surface area contributed by atoms with Crippen molar-refractivity contribution in [1.29, 1.82) is 0 Å². The molecule has 3 nitrogen and oxygen atoms in total. The van der Waals surface area contributed by atoms with Crippen LogP contribution in [0.1, 0.15) is 19.8 Å². The summed E-state index contributed by atoms with van der Waals surface area (Å²) >= 11 is 1.74. The Labute approximate surface area is 82.3 Å². The van der Waals surface area contributed by atoms with Crippen molar-refractivity contribution in [2.24, 2.45) is 5.92 Å². The zero-order chi connectivity index (χ0) is 9.47. The molecule has 2 rings (SSSR count). The molecule has 0 amide bonds. The fourth-order valence-corrected chi connectivity index (χ4v) is 3.36. The number of hydrogen-bond acceptors (Lipinski definition) is 3. The second-order valence-electron chi connectivity index (χ2n) is 4.11. The molecule has 4 heteroatoms. The molecule has 2 aliphatic rings. The van der Waals surface area contributed by atoms with E-state index in [1.165, 1.54) is 0 Å². The molecule has 2 unspecified atom stereocenters. The Bertz CT molecular complexity index is 230. The molecule has 1 saturated carbocycles. The van der Waals surface area contributed by atoms with Crippen LogP contribution < -0.4 is 5.32 Å². The fraction of sp³-hybridized carbons (Fsp3) is 0.889. The molecule has 2 N–H and O–H groups in total. The van der Waals surface area contributed by atoms with Crippen LogP contribution in [0.2, 0.25) is 0 Å². The standard InChI is InChI=1S/C9H15NO2S/c1-6-4-13-5-9(6,8(11)12)10-7-2-3-7/h6-7,10H,2-5H2,1H3,(H,11,12). The molecule has 1 aliphatic carbocycles. The monoisotopic (exact) mass is 201 g/mol. The maximum absolute atomic E-state index is 11.2. The first-order valence-corrected chi connectivity index (χ1v) is 5.89. The van der Waals surface area contributed by atoms with Crippen LogP contribution in [-0.2, 0) is 4.79 Å². The fourth-order valence-electron chi connectivity index (χ4n) is 1.79. The molecule has 13 heavy (non-hydrogen) atoms. The Morgan fingerprint density at radius 3 is 2.69 bits per heavy atom. The van der Waals surface area contributed by atoms with Gasteiger partial charge in [-0.1, -0.05) is 6.92 Å². The molecule has 2 fully saturated rings. The number of carboxylic acid groups (broad SMARTS) is 1. The van der Waals surface area contributed by atoms with Gasteiger partial charge in [-0.15, -0.1) is 0 Å². The average Bonchev–Trinajstić information content (AvgIpc) is 2.78. The summed E-state index contributed by atoms with van der Waals surface area (Å²) in [4.78, 5) is 11.2. The number of hydrogen-bond donors (Lipinski definition) is 2. The van der Waals surface area contributed by atoms with E-state index in [9.17, 15) is 9.90 Å². The Morgan fingerprint density at radius 1 is 1.62 bits per heavy atom. The van der Waals surface area contributed by atoms with Gasteiger partial charge in [0, 0.05) is 11.8 Å². The number of carbonyl (C=O) groups is 1. The summed E-state index contributed by atoms with van der Waals surface area (Å²) in [6, 6.07) is 0.470. The molecule has 0 spiro atoms. The zero-order valence-electron chi connectivity index (χ0n) is 7.75. The zero-order valence-corrected chi connectivity index (χ0v) is 8.56. The first-order chi connectivity index (χ1) is 6.15. The van der Waals surface area contributed by atoms with Gasteiger partial charge in [0.2, 0.25) is 0 Å². The van der Waals surface area contributed by atoms with Gasteiger partial charge in [0.05, 0.1) is 0 Å². The van der Waals surface area contributed by atoms with Crippen molar-refractivity contribution < 1.29 is 9.90 Å². The predicted octanol–water partition coefficient (Wildman–Crippen LogP) is 0.945. The number of rotatable bonds is 3. The van der Waals surface area contributed by atoms with E-state index in [0.29, 0.717) is 6.04 Å². The van der Waals surface area contributed by atoms with Crippen LogP contribution in [0.3, 0.4) is 0 Å². The third-order valence-electron chi connectivity index (χ3n) is 2.96. The van der Waals surface area contributed by atoms with Crippen LogP contribution in [-0.4, -0.2) is 34.2 Å². The highest BCUT2D eigenvalue weighted by atomic mass is 32.2. The first kappa shape index (κ1) is 9.34. The summed E-state index contributed by atoms with van der Waals surface area (Å²) in [5.41, 5.74) is -0.633. The van der Waals surface area contributed by atoms with Gasteiger partial charge in [0.25, 0.3) is 0 Å². The van der Waals surface area contributed by atoms with Crippen LogP contribution >= 0.6 is 11.8 Å². The van der Waals surface area contributed by atoms with Gasteiger partial charge in [0.1, 0.15) is 5.54 Å². The van der Waals surface area contributed by atoms with E-state index >= 15 is 0 Å². The number of aliphatic carboxylic acids is 1. The highest BCUT2D eigenvalue weighted by molar-refractivity contribution is 7.99. The molecular weight excluding hydrogens is 186 g/mol. The van der Waals surface area contributed by atoms with Gasteiger partial charge in [0.15, 0.2) is 0 Å². The lowest BCUT2D eigenvalue weighted by atomic mass is 9.88. The summed E-state index contributed by atoms with van der Waals surface area (Å²) in [7, 11) is 0. The molecule has 0 radical (unpaired) electrons. The van der Waals surface area contributed by atoms with Crippen LogP contribution in [0.25, 0.3) is 0 Å². The second-order valence-corrected chi connectivity index (χ2v) is 5.14. The van der Waals surface area contributed by atoms with Crippen LogP contribution in [0.4, 0.5) is 0 Å². The number of thioether (sulfide) groups is 1. The Kier molecular flexibility index (Phi) is 2.28. The van der Waals surface area contributed by atoms with E-state index < -0.39 is 11.5 Å². The van der Waals surface area contributed by atoms with E-state index in [2.05, 4.69) is 5.32 Å². The molecule has 0 aromatic rings. The van der Waals surface area contributed by atoms with Crippen LogP contribution in [0.15, 0.2) is 0 Å². The summed E-state index contributed by atoms with van der Waals surface area (Å²) < 4.78 is 0. The van der Waals surface area contributed by atoms with Crippen molar-refractivity contribution in [3.63, 3.8) is 0 Å². The lowest BCUT2D eigenvalue weighted by Gasteiger charge is -2.29. The van der Waals surface area contributed by atoms with Gasteiger partial charge < -0.3 is 5.11 Å². The van der Waals surface area contributed by atoms with E-state index in [-0.39, 0.29) is 5.92 Å². The lowest BCUT2D eigenvalue weighted by Crippen LogP contribution is -2.57. The Morgan fingerprint density at radius 2 is 2.31 bits per heavy atom. The second kappa shape index (κ2) is 3.17. The topological polar surface area (TPSA) is 49.3 Å². The normalized spacial score (nSPS) is 39.3. The van der Waals surface area contributed by atoms with Crippen molar-refractivity contribution in [3.05, 3.63) is 0 Å². The molecule has 2 atom stereocenters. The molecule has 0 bridgehead atoms. The highest BCUT2D eigenvalue weighted by Crippen LogP contribution is 2.36. The van der Waals surface area contributed by atoms with Crippen molar-refractivity contribution in [1.82, 2.24) is 5.32 Å². The maximum Gasteiger partial charge on any atom is 0.325 e. The summed E-state index contributed by atoms with van der Waals surface area (Å²) in [5.74, 6) is 1.26. The van der Waals surface area contributed by atoms with Crippen molar-refractivity contribution in [2.45, 2.75) is 31.3 Å². The van der Waals surface area contributed by atoms with Crippen LogP contribution in [0.5, 0.6) is 0 Å². The summed E-state index contributed by atoms with van der Waals surface area (Å²) in [6.45, 7) is 2.03. The largest absolute Gasteiger partial charge is 0.480 e. The molecule has 0 aromatic carbocycles. The summed E-state index contributed by atoms with van der Waals surface area (Å²) in [5, 5.41) is 12.5. The van der Waals surface area contributed by atoms with E-state index in [0.717, 1.165) is 24.3 Å². The van der Waals surface area contributed by atoms with E-state index in [1.54, 1.807) is 11.8 Å². The van der Waals surface area contributed by atoms with Gasteiger partial charge >= 0.3 is 5.97 Å². The number of carboxylic acids is 1. The molecular formula is C9H15NO2S. The average molecular weight is 201 g/mol. The van der Waals surface area contributed by atoms with Crippen molar-refractivity contribution in [2.75, 3.05) is 11.5 Å².